The number of aryl methyl sites for hydroxylation is 1. The molecule has 1 atom stereocenters. The van der Waals surface area contributed by atoms with Crippen LogP contribution in [0.25, 0.3) is 11.8 Å². The molecule has 0 radical (unpaired) electrons. The molecule has 1 aliphatic heterocycles. The van der Waals surface area contributed by atoms with Crippen molar-refractivity contribution in [2.24, 2.45) is 4.99 Å². The van der Waals surface area contributed by atoms with E-state index in [1.807, 2.05) is 71.3 Å². The highest BCUT2D eigenvalue weighted by atomic mass is 79.9. The summed E-state index contributed by atoms with van der Waals surface area (Å²) in [6.07, 6.45) is 3.75. The van der Waals surface area contributed by atoms with Crippen LogP contribution in [0.1, 0.15) is 40.3 Å². The molecule has 1 aromatic heterocycles. The van der Waals surface area contributed by atoms with Gasteiger partial charge in [0.2, 0.25) is 0 Å². The van der Waals surface area contributed by atoms with Crippen LogP contribution in [0.5, 0.6) is 5.75 Å². The van der Waals surface area contributed by atoms with Crippen molar-refractivity contribution in [3.63, 3.8) is 0 Å². The molecule has 202 valence electrons. The SMILES string of the molecule is O=c1/c(=C/c2ccc(OCc3ccccc3Cl)c(Br)c2)sc2n1[C@@H](c1ccccc1)C1=C(N=2)c2ccccc2CC1. The van der Waals surface area contributed by atoms with Crippen molar-refractivity contribution in [3.05, 3.63) is 160 Å². The van der Waals surface area contributed by atoms with Crippen molar-refractivity contribution in [3.8, 4) is 5.75 Å². The summed E-state index contributed by atoms with van der Waals surface area (Å²) in [5, 5.41) is 0.676. The number of nitrogens with zero attached hydrogens (tertiary/aromatic N) is 2. The third kappa shape index (κ3) is 4.90. The summed E-state index contributed by atoms with van der Waals surface area (Å²) >= 11 is 11.4. The lowest BCUT2D eigenvalue weighted by Gasteiger charge is -2.30. The van der Waals surface area contributed by atoms with Gasteiger partial charge in [-0.2, -0.15) is 0 Å². The molecule has 0 N–H and O–H groups in total. The Labute approximate surface area is 254 Å². The lowest BCUT2D eigenvalue weighted by Crippen LogP contribution is -2.38. The van der Waals surface area contributed by atoms with Gasteiger partial charge in [-0.25, -0.2) is 4.99 Å². The van der Waals surface area contributed by atoms with E-state index in [1.54, 1.807) is 0 Å². The second-order valence-electron chi connectivity index (χ2n) is 10.1. The Bertz CT molecular complexity index is 2010. The lowest BCUT2D eigenvalue weighted by atomic mass is 9.83. The maximum absolute atomic E-state index is 14.0. The molecule has 7 heteroatoms. The number of benzene rings is 4. The van der Waals surface area contributed by atoms with Gasteiger partial charge in [0.05, 0.1) is 20.7 Å². The van der Waals surface area contributed by atoms with E-state index in [0.29, 0.717) is 21.9 Å². The number of allylic oxidation sites excluding steroid dienone is 1. The molecule has 0 spiro atoms. The Kier molecular flexibility index (Phi) is 6.99. The average Bonchev–Trinajstić information content (AvgIpc) is 3.30. The zero-order chi connectivity index (χ0) is 27.9. The molecule has 2 aliphatic rings. The maximum Gasteiger partial charge on any atom is 0.271 e. The predicted octanol–water partition coefficient (Wildman–Crippen LogP) is 7.31. The highest BCUT2D eigenvalue weighted by Gasteiger charge is 2.32. The van der Waals surface area contributed by atoms with Gasteiger partial charge in [0.1, 0.15) is 12.4 Å². The number of ether oxygens (including phenoxy) is 1. The van der Waals surface area contributed by atoms with Gasteiger partial charge in [0.25, 0.3) is 5.56 Å². The van der Waals surface area contributed by atoms with E-state index >= 15 is 0 Å². The van der Waals surface area contributed by atoms with Crippen LogP contribution in [0, 0.1) is 0 Å². The fourth-order valence-corrected chi connectivity index (χ4v) is 7.31. The Morgan fingerprint density at radius 2 is 1.76 bits per heavy atom. The van der Waals surface area contributed by atoms with Crippen LogP contribution < -0.4 is 19.6 Å². The summed E-state index contributed by atoms with van der Waals surface area (Å²) in [4.78, 5) is 19.8. The minimum atomic E-state index is -0.176. The molecule has 1 aliphatic carbocycles. The van der Waals surface area contributed by atoms with E-state index in [0.717, 1.165) is 44.5 Å². The molecule has 0 fully saturated rings. The zero-order valence-electron chi connectivity index (χ0n) is 21.9. The van der Waals surface area contributed by atoms with Crippen LogP contribution in [0.4, 0.5) is 0 Å². The van der Waals surface area contributed by atoms with Gasteiger partial charge in [0, 0.05) is 16.1 Å². The number of halogens is 2. The Morgan fingerprint density at radius 3 is 2.59 bits per heavy atom. The summed E-state index contributed by atoms with van der Waals surface area (Å²) < 4.78 is 9.35. The average molecular weight is 640 g/mol. The van der Waals surface area contributed by atoms with Gasteiger partial charge < -0.3 is 4.74 Å². The van der Waals surface area contributed by atoms with Crippen molar-refractivity contribution in [1.82, 2.24) is 4.57 Å². The molecule has 0 unspecified atom stereocenters. The maximum atomic E-state index is 14.0. The zero-order valence-corrected chi connectivity index (χ0v) is 25.0. The van der Waals surface area contributed by atoms with Crippen molar-refractivity contribution in [1.29, 1.82) is 0 Å². The summed E-state index contributed by atoms with van der Waals surface area (Å²) in [5.74, 6) is 0.707. The smallest absolute Gasteiger partial charge is 0.271 e. The van der Waals surface area contributed by atoms with E-state index in [-0.39, 0.29) is 11.6 Å². The quantitative estimate of drug-likeness (QED) is 0.202. The van der Waals surface area contributed by atoms with Crippen molar-refractivity contribution in [2.45, 2.75) is 25.5 Å². The van der Waals surface area contributed by atoms with Crippen LogP contribution in [0.15, 0.2) is 117 Å². The van der Waals surface area contributed by atoms with Crippen LogP contribution in [0.3, 0.4) is 0 Å². The topological polar surface area (TPSA) is 43.6 Å². The van der Waals surface area contributed by atoms with E-state index in [1.165, 1.54) is 28.0 Å². The summed E-state index contributed by atoms with van der Waals surface area (Å²) in [7, 11) is 0. The second kappa shape index (κ2) is 10.9. The molecule has 2 heterocycles. The highest BCUT2D eigenvalue weighted by molar-refractivity contribution is 9.10. The third-order valence-corrected chi connectivity index (χ3v) is 9.55. The van der Waals surface area contributed by atoms with Crippen LogP contribution in [-0.4, -0.2) is 4.57 Å². The van der Waals surface area contributed by atoms with E-state index in [9.17, 15) is 4.79 Å². The largest absolute Gasteiger partial charge is 0.488 e. The minimum Gasteiger partial charge on any atom is -0.488 e. The molecule has 4 nitrogen and oxygen atoms in total. The molecular formula is C34H24BrClN2O2S. The van der Waals surface area contributed by atoms with E-state index in [4.69, 9.17) is 21.3 Å². The molecule has 0 bridgehead atoms. The van der Waals surface area contributed by atoms with Gasteiger partial charge >= 0.3 is 0 Å². The van der Waals surface area contributed by atoms with Crippen molar-refractivity contribution in [2.75, 3.05) is 0 Å². The first-order valence-electron chi connectivity index (χ1n) is 13.4. The molecule has 0 amide bonds. The summed E-state index contributed by atoms with van der Waals surface area (Å²) in [6.45, 7) is 0.365. The molecule has 7 rings (SSSR count). The van der Waals surface area contributed by atoms with E-state index < -0.39 is 0 Å². The van der Waals surface area contributed by atoms with Crippen LogP contribution >= 0.6 is 38.9 Å². The molecule has 41 heavy (non-hydrogen) atoms. The minimum absolute atomic E-state index is 0.0248. The number of rotatable bonds is 5. The first-order chi connectivity index (χ1) is 20.1. The Morgan fingerprint density at radius 1 is 0.976 bits per heavy atom. The first-order valence-corrected chi connectivity index (χ1v) is 15.4. The van der Waals surface area contributed by atoms with Gasteiger partial charge in [-0.15, -0.1) is 0 Å². The number of fused-ring (bicyclic) bond motifs is 3. The fraction of sp³-hybridized carbons (Fsp3) is 0.118. The van der Waals surface area contributed by atoms with Gasteiger partial charge in [-0.1, -0.05) is 102 Å². The molecule has 0 saturated carbocycles. The van der Waals surface area contributed by atoms with Gasteiger partial charge in [0.15, 0.2) is 4.80 Å². The highest BCUT2D eigenvalue weighted by Crippen LogP contribution is 2.41. The fourth-order valence-electron chi connectivity index (χ4n) is 5.60. The summed E-state index contributed by atoms with van der Waals surface area (Å²) in [5.41, 5.74) is 7.59. The first kappa shape index (κ1) is 26.2. The molecule has 4 aromatic carbocycles. The number of hydrogen-bond donors (Lipinski definition) is 0. The Balaban J connectivity index is 1.29. The monoisotopic (exact) mass is 638 g/mol. The van der Waals surface area contributed by atoms with Crippen LogP contribution in [0.2, 0.25) is 5.02 Å². The van der Waals surface area contributed by atoms with Gasteiger partial charge in [-0.05, 0) is 75.3 Å². The molecule has 0 saturated heterocycles. The second-order valence-corrected chi connectivity index (χ2v) is 12.4. The number of thiazole rings is 1. The van der Waals surface area contributed by atoms with Crippen molar-refractivity contribution >= 4 is 50.6 Å². The standard InChI is InChI=1S/C34H24BrClN2O2S/c35-27-18-21(14-17-29(27)40-20-24-11-5-7-13-28(24)36)19-30-33(39)38-32(23-9-2-1-3-10-23)26-16-15-22-8-4-6-12-25(22)31(26)37-34(38)41-30/h1-14,17-19,32H,15-16,20H2/b30-19-/t32-/m0/s1. The molecule has 5 aromatic rings. The Hall–Kier alpha value is -3.71. The normalized spacial score (nSPS) is 16.0. The number of aromatic nitrogens is 1. The predicted molar refractivity (Wildman–Crippen MR) is 169 cm³/mol. The van der Waals surface area contributed by atoms with E-state index in [2.05, 4.69) is 52.3 Å². The van der Waals surface area contributed by atoms with Crippen LogP contribution in [-0.2, 0) is 13.0 Å². The lowest BCUT2D eigenvalue weighted by molar-refractivity contribution is 0.304. The van der Waals surface area contributed by atoms with Gasteiger partial charge in [-0.3, -0.25) is 9.36 Å². The number of hydrogen-bond acceptors (Lipinski definition) is 4. The third-order valence-electron chi connectivity index (χ3n) is 7.58. The molecular weight excluding hydrogens is 616 g/mol. The summed E-state index contributed by atoms with van der Waals surface area (Å²) in [6, 6.07) is 32.1. The van der Waals surface area contributed by atoms with Crippen molar-refractivity contribution < 1.29 is 4.74 Å².